The summed E-state index contributed by atoms with van der Waals surface area (Å²) in [5, 5.41) is 21.4. The van der Waals surface area contributed by atoms with Crippen LogP contribution in [0.4, 0.5) is 15.8 Å². The highest BCUT2D eigenvalue weighted by atomic mass is 19.1. The largest absolute Gasteiger partial charge is 0.391 e. The van der Waals surface area contributed by atoms with Gasteiger partial charge in [-0.15, -0.1) is 0 Å². The summed E-state index contributed by atoms with van der Waals surface area (Å²) in [6.07, 6.45) is 7.95. The number of halogens is 1. The van der Waals surface area contributed by atoms with E-state index >= 15 is 0 Å². The first-order chi connectivity index (χ1) is 16.9. The van der Waals surface area contributed by atoms with E-state index in [1.807, 2.05) is 19.3 Å². The Balaban J connectivity index is 1.24. The number of piperidine rings is 1. The molecule has 182 valence electrons. The highest BCUT2D eigenvalue weighted by Gasteiger charge is 2.37. The third-order valence-corrected chi connectivity index (χ3v) is 6.94. The number of rotatable bonds is 5. The zero-order valence-electron chi connectivity index (χ0n) is 19.7. The van der Waals surface area contributed by atoms with E-state index < -0.39 is 5.82 Å². The Bertz CT molecular complexity index is 1440. The van der Waals surface area contributed by atoms with Crippen LogP contribution >= 0.6 is 0 Å². The first kappa shape index (κ1) is 22.0. The molecule has 1 aliphatic carbocycles. The van der Waals surface area contributed by atoms with Gasteiger partial charge in [-0.3, -0.25) is 9.48 Å². The molecule has 2 fully saturated rings. The van der Waals surface area contributed by atoms with E-state index in [4.69, 9.17) is 0 Å². The summed E-state index contributed by atoms with van der Waals surface area (Å²) in [4.78, 5) is 19.7. The van der Waals surface area contributed by atoms with E-state index in [9.17, 15) is 14.3 Å². The van der Waals surface area contributed by atoms with Crippen LogP contribution in [0.3, 0.4) is 0 Å². The quantitative estimate of drug-likeness (QED) is 0.409. The minimum Gasteiger partial charge on any atom is -0.391 e. The number of carbonyl (C=O) groups excluding carboxylic acids is 1. The molecule has 2 aliphatic rings. The number of aryl methyl sites for hydroxylation is 2. The number of hydrogen-bond donors (Lipinski definition) is 3. The molecule has 3 aromatic heterocycles. The van der Waals surface area contributed by atoms with Crippen molar-refractivity contribution in [3.05, 3.63) is 53.9 Å². The molecule has 4 heterocycles. The van der Waals surface area contributed by atoms with Gasteiger partial charge in [-0.25, -0.2) is 9.37 Å². The Hall–Kier alpha value is -3.50. The van der Waals surface area contributed by atoms with Crippen LogP contribution in [-0.4, -0.2) is 61.5 Å². The molecule has 0 bridgehead atoms. The van der Waals surface area contributed by atoms with Crippen LogP contribution in [-0.2, 0) is 7.05 Å². The van der Waals surface area contributed by atoms with E-state index in [2.05, 4.69) is 25.6 Å². The molecule has 0 radical (unpaired) electrons. The summed E-state index contributed by atoms with van der Waals surface area (Å²) in [5.74, 6) is -0.843. The first-order valence-corrected chi connectivity index (χ1v) is 12.0. The smallest absolute Gasteiger partial charge is 0.257 e. The van der Waals surface area contributed by atoms with E-state index in [1.54, 1.807) is 34.5 Å². The number of amides is 1. The predicted octanol–water partition coefficient (Wildman–Crippen LogP) is 2.61. The third kappa shape index (κ3) is 4.12. The van der Waals surface area contributed by atoms with E-state index in [0.29, 0.717) is 28.5 Å². The number of carbonyl (C=O) groups is 1. The number of hydrogen-bond acceptors (Lipinski definition) is 6. The van der Waals surface area contributed by atoms with Crippen LogP contribution in [0.25, 0.3) is 16.6 Å². The lowest BCUT2D eigenvalue weighted by molar-refractivity contribution is 0.102. The molecule has 1 aliphatic heterocycles. The molecule has 1 saturated heterocycles. The number of aromatic nitrogens is 4. The molecule has 1 aromatic carbocycles. The van der Waals surface area contributed by atoms with Crippen LogP contribution in [0.1, 0.15) is 35.3 Å². The van der Waals surface area contributed by atoms with Gasteiger partial charge in [0.05, 0.1) is 23.0 Å². The van der Waals surface area contributed by atoms with Crippen molar-refractivity contribution in [3.63, 3.8) is 0 Å². The zero-order chi connectivity index (χ0) is 24.3. The molecule has 0 spiro atoms. The van der Waals surface area contributed by atoms with Gasteiger partial charge in [0.15, 0.2) is 11.5 Å². The maximum atomic E-state index is 14.5. The van der Waals surface area contributed by atoms with Gasteiger partial charge in [0.25, 0.3) is 5.91 Å². The average Bonchev–Trinajstić information content (AvgIpc) is 3.17. The summed E-state index contributed by atoms with van der Waals surface area (Å²) < 4.78 is 17.8. The highest BCUT2D eigenvalue weighted by Crippen LogP contribution is 2.32. The van der Waals surface area contributed by atoms with Crippen LogP contribution in [0.2, 0.25) is 0 Å². The molecule has 10 heteroatoms. The van der Waals surface area contributed by atoms with Crippen molar-refractivity contribution in [2.45, 2.75) is 44.4 Å². The maximum Gasteiger partial charge on any atom is 0.257 e. The van der Waals surface area contributed by atoms with Gasteiger partial charge in [-0.1, -0.05) is 0 Å². The molecule has 3 N–H and O–H groups in total. The van der Waals surface area contributed by atoms with Crippen molar-refractivity contribution >= 4 is 33.8 Å². The Morgan fingerprint density at radius 3 is 2.71 bits per heavy atom. The van der Waals surface area contributed by atoms with Crippen LogP contribution in [0.15, 0.2) is 36.8 Å². The van der Waals surface area contributed by atoms with Crippen LogP contribution < -0.4 is 15.5 Å². The van der Waals surface area contributed by atoms with Crippen molar-refractivity contribution in [1.82, 2.24) is 24.5 Å². The van der Waals surface area contributed by atoms with Crippen molar-refractivity contribution in [2.75, 3.05) is 23.3 Å². The first-order valence-electron chi connectivity index (χ1n) is 12.0. The molecule has 1 amide bonds. The monoisotopic (exact) mass is 477 g/mol. The maximum absolute atomic E-state index is 14.5. The normalized spacial score (nSPS) is 20.6. The second kappa shape index (κ2) is 8.31. The SMILES string of the molecule is Cc1cn2cc(NC(=O)c3ccc(N4CCC(N[C@H]5C[C@H]5O)CC4)c4cn(C)nc34)cc(F)c2n1. The summed E-state index contributed by atoms with van der Waals surface area (Å²) in [7, 11) is 1.84. The Morgan fingerprint density at radius 2 is 1.97 bits per heavy atom. The molecular formula is C25H28FN7O2. The van der Waals surface area contributed by atoms with Crippen LogP contribution in [0, 0.1) is 12.7 Å². The molecule has 0 unspecified atom stereocenters. The van der Waals surface area contributed by atoms with Gasteiger partial charge in [0.2, 0.25) is 0 Å². The summed E-state index contributed by atoms with van der Waals surface area (Å²) >= 11 is 0. The fourth-order valence-electron chi connectivity index (χ4n) is 5.06. The minimum absolute atomic E-state index is 0.191. The standard InChI is InChI=1S/C25H28FN7O2/c1-14-11-33-12-16(9-19(26)24(33)27-14)29-25(35)17-3-4-21(18-13-31(2)30-23(17)18)32-7-5-15(6-8-32)28-20-10-22(20)34/h3-4,9,11-13,15,20,22,28,34H,5-8,10H2,1-2H3,(H,29,35)/t20-,22+/m0/s1. The van der Waals surface area contributed by atoms with Gasteiger partial charge in [0, 0.05) is 68.0 Å². The van der Waals surface area contributed by atoms with Gasteiger partial charge in [-0.05, 0) is 38.3 Å². The van der Waals surface area contributed by atoms with Gasteiger partial charge in [-0.2, -0.15) is 5.10 Å². The Labute approximate surface area is 201 Å². The number of aliphatic hydroxyl groups excluding tert-OH is 1. The summed E-state index contributed by atoms with van der Waals surface area (Å²) in [6, 6.07) is 5.71. The van der Waals surface area contributed by atoms with E-state index in [-0.39, 0.29) is 23.7 Å². The molecule has 1 saturated carbocycles. The number of nitrogens with one attached hydrogen (secondary N) is 2. The molecular weight excluding hydrogens is 449 g/mol. The fraction of sp³-hybridized carbons (Fsp3) is 0.400. The van der Waals surface area contributed by atoms with Gasteiger partial charge < -0.3 is 25.0 Å². The van der Waals surface area contributed by atoms with Crippen molar-refractivity contribution in [1.29, 1.82) is 0 Å². The lowest BCUT2D eigenvalue weighted by Crippen LogP contribution is -2.44. The van der Waals surface area contributed by atoms with Gasteiger partial charge in [0.1, 0.15) is 5.52 Å². The third-order valence-electron chi connectivity index (χ3n) is 6.94. The number of imidazole rings is 1. The second-order valence-electron chi connectivity index (χ2n) is 9.68. The number of benzene rings is 1. The van der Waals surface area contributed by atoms with Gasteiger partial charge >= 0.3 is 0 Å². The molecule has 4 aromatic rings. The summed E-state index contributed by atoms with van der Waals surface area (Å²) in [6.45, 7) is 3.57. The number of anilines is 2. The lowest BCUT2D eigenvalue weighted by atomic mass is 10.0. The fourth-order valence-corrected chi connectivity index (χ4v) is 5.06. The number of fused-ring (bicyclic) bond motifs is 2. The average molecular weight is 478 g/mol. The van der Waals surface area contributed by atoms with E-state index in [1.165, 1.54) is 6.07 Å². The van der Waals surface area contributed by atoms with E-state index in [0.717, 1.165) is 43.4 Å². The van der Waals surface area contributed by atoms with Crippen molar-refractivity contribution < 1.29 is 14.3 Å². The van der Waals surface area contributed by atoms with Crippen LogP contribution in [0.5, 0.6) is 0 Å². The molecule has 6 rings (SSSR count). The molecule has 9 nitrogen and oxygen atoms in total. The highest BCUT2D eigenvalue weighted by molar-refractivity contribution is 6.13. The predicted molar refractivity (Wildman–Crippen MR) is 131 cm³/mol. The summed E-state index contributed by atoms with van der Waals surface area (Å²) in [5.41, 5.74) is 3.37. The topological polar surface area (TPSA) is 99.7 Å². The number of pyridine rings is 1. The second-order valence-corrected chi connectivity index (χ2v) is 9.68. The molecule has 2 atom stereocenters. The Morgan fingerprint density at radius 1 is 1.20 bits per heavy atom. The Kier molecular flexibility index (Phi) is 5.23. The zero-order valence-corrected chi connectivity index (χ0v) is 19.7. The minimum atomic E-state index is -0.497. The number of aliphatic hydroxyl groups is 1. The molecule has 35 heavy (non-hydrogen) atoms. The van der Waals surface area contributed by atoms with Crippen molar-refractivity contribution in [2.24, 2.45) is 7.05 Å². The van der Waals surface area contributed by atoms with Crippen molar-refractivity contribution in [3.8, 4) is 0 Å². The lowest BCUT2D eigenvalue weighted by Gasteiger charge is -2.34. The number of nitrogens with zero attached hydrogens (tertiary/aromatic N) is 5.